The first-order valence-corrected chi connectivity index (χ1v) is 1.56. The zero-order valence-electron chi connectivity index (χ0n) is 4.00. The second kappa shape index (κ2) is 9.71. The van der Waals surface area contributed by atoms with E-state index < -0.39 is 6.10 Å². The van der Waals surface area contributed by atoms with Crippen molar-refractivity contribution in [1.82, 2.24) is 0 Å². The number of hydrogen-bond donors (Lipinski definition) is 2. The van der Waals surface area contributed by atoms with Gasteiger partial charge in [-0.15, -0.1) is 24.8 Å². The molecule has 0 radical (unpaired) electrons. The minimum Gasteiger partial charge on any atom is -0.394 e. The Balaban J connectivity index is -0.0000000800. The van der Waals surface area contributed by atoms with Crippen LogP contribution in [-0.2, 0) is 0 Å². The van der Waals surface area contributed by atoms with Crippen LogP contribution < -0.4 is 0 Å². The van der Waals surface area contributed by atoms with E-state index in [1.165, 1.54) is 6.92 Å². The van der Waals surface area contributed by atoms with Crippen molar-refractivity contribution in [2.24, 2.45) is 0 Å². The van der Waals surface area contributed by atoms with Crippen molar-refractivity contribution in [1.29, 1.82) is 0 Å². The largest absolute Gasteiger partial charge is 0.394 e. The number of rotatable bonds is 1. The highest BCUT2D eigenvalue weighted by Crippen LogP contribution is 1.68. The van der Waals surface area contributed by atoms with Crippen LogP contribution in [0.4, 0.5) is 0 Å². The van der Waals surface area contributed by atoms with Gasteiger partial charge in [0.1, 0.15) is 0 Å². The lowest BCUT2D eigenvalue weighted by Gasteiger charge is -1.90. The van der Waals surface area contributed by atoms with Crippen LogP contribution in [0, 0.1) is 0 Å². The lowest BCUT2D eigenvalue weighted by molar-refractivity contribution is 0.110. The Kier molecular flexibility index (Phi) is 21.7. The molecule has 0 saturated carbocycles. The molecule has 7 heavy (non-hydrogen) atoms. The summed E-state index contributed by atoms with van der Waals surface area (Å²) < 4.78 is 0. The van der Waals surface area contributed by atoms with Gasteiger partial charge in [-0.2, -0.15) is 0 Å². The number of halogens is 2. The molecule has 4 heteroatoms. The summed E-state index contributed by atoms with van der Waals surface area (Å²) in [6, 6.07) is 0. The Morgan fingerprint density at radius 3 is 1.57 bits per heavy atom. The van der Waals surface area contributed by atoms with Gasteiger partial charge in [-0.3, -0.25) is 0 Å². The number of aliphatic hydroxyl groups is 2. The molecule has 0 saturated heterocycles. The van der Waals surface area contributed by atoms with Crippen molar-refractivity contribution < 1.29 is 10.2 Å². The molecule has 0 heterocycles. The second-order valence-electron chi connectivity index (χ2n) is 1.03. The van der Waals surface area contributed by atoms with Gasteiger partial charge in [0.2, 0.25) is 0 Å². The topological polar surface area (TPSA) is 40.5 Å². The molecule has 0 aromatic rings. The quantitative estimate of drug-likeness (QED) is 0.559. The molecular formula is C3H10Cl2O2. The average Bonchev–Trinajstić information content (AvgIpc) is 1.38. The Labute approximate surface area is 55.4 Å². The van der Waals surface area contributed by atoms with E-state index in [1.807, 2.05) is 0 Å². The Morgan fingerprint density at radius 2 is 1.57 bits per heavy atom. The molecule has 0 fully saturated rings. The van der Waals surface area contributed by atoms with Crippen molar-refractivity contribution in [2.75, 3.05) is 6.61 Å². The summed E-state index contributed by atoms with van der Waals surface area (Å²) in [5.41, 5.74) is 0. The molecule has 0 bridgehead atoms. The van der Waals surface area contributed by atoms with Gasteiger partial charge >= 0.3 is 0 Å². The Morgan fingerprint density at radius 1 is 1.43 bits per heavy atom. The van der Waals surface area contributed by atoms with E-state index in [1.54, 1.807) is 0 Å². The molecule has 0 amide bonds. The highest BCUT2D eigenvalue weighted by atomic mass is 35.5. The zero-order valence-corrected chi connectivity index (χ0v) is 5.63. The monoisotopic (exact) mass is 148 g/mol. The normalized spacial score (nSPS) is 10.7. The van der Waals surface area contributed by atoms with Crippen LogP contribution in [0.5, 0.6) is 0 Å². The maximum atomic E-state index is 8.11. The molecule has 2 nitrogen and oxygen atoms in total. The van der Waals surface area contributed by atoms with Crippen LogP contribution in [0.25, 0.3) is 0 Å². The van der Waals surface area contributed by atoms with E-state index in [-0.39, 0.29) is 31.4 Å². The predicted molar refractivity (Wildman–Crippen MR) is 33.3 cm³/mol. The minimum atomic E-state index is -0.560. The van der Waals surface area contributed by atoms with E-state index in [0.717, 1.165) is 0 Å². The molecule has 0 spiro atoms. The van der Waals surface area contributed by atoms with E-state index in [2.05, 4.69) is 0 Å². The molecular weight excluding hydrogens is 139 g/mol. The van der Waals surface area contributed by atoms with Crippen LogP contribution in [0.1, 0.15) is 6.92 Å². The van der Waals surface area contributed by atoms with Crippen LogP contribution in [0.2, 0.25) is 0 Å². The Bertz CT molecular complexity index is 24.9. The van der Waals surface area contributed by atoms with Gasteiger partial charge in [-0.25, -0.2) is 0 Å². The Hall–Kier alpha value is 0.500. The second-order valence-corrected chi connectivity index (χ2v) is 1.03. The lowest BCUT2D eigenvalue weighted by atomic mass is 10.5. The smallest absolute Gasteiger partial charge is 0.0742 e. The molecule has 48 valence electrons. The molecule has 2 N–H and O–H groups in total. The lowest BCUT2D eigenvalue weighted by Crippen LogP contribution is -2.03. The van der Waals surface area contributed by atoms with Crippen molar-refractivity contribution in [2.45, 2.75) is 13.0 Å². The highest BCUT2D eigenvalue weighted by molar-refractivity contribution is 5.85. The number of aliphatic hydroxyl groups excluding tert-OH is 2. The zero-order chi connectivity index (χ0) is 4.28. The summed E-state index contributed by atoms with van der Waals surface area (Å²) >= 11 is 0. The molecule has 0 aliphatic heterocycles. The summed E-state index contributed by atoms with van der Waals surface area (Å²) in [5, 5.41) is 16.0. The van der Waals surface area contributed by atoms with Crippen molar-refractivity contribution in [3.63, 3.8) is 0 Å². The highest BCUT2D eigenvalue weighted by Gasteiger charge is 1.83. The third-order valence-corrected chi connectivity index (χ3v) is 0.264. The summed E-state index contributed by atoms with van der Waals surface area (Å²) in [6.07, 6.45) is -0.560. The summed E-state index contributed by atoms with van der Waals surface area (Å²) in [5.74, 6) is 0. The average molecular weight is 149 g/mol. The summed E-state index contributed by atoms with van der Waals surface area (Å²) in [7, 11) is 0. The van der Waals surface area contributed by atoms with Gasteiger partial charge in [0.05, 0.1) is 12.7 Å². The molecule has 0 aliphatic rings. The SMILES string of the molecule is CC(O)CO.Cl.Cl. The van der Waals surface area contributed by atoms with Crippen molar-refractivity contribution in [3.8, 4) is 0 Å². The first-order valence-electron chi connectivity index (χ1n) is 1.56. The first-order chi connectivity index (χ1) is 2.27. The molecule has 0 aliphatic carbocycles. The van der Waals surface area contributed by atoms with Crippen molar-refractivity contribution >= 4 is 24.8 Å². The first kappa shape index (κ1) is 15.6. The van der Waals surface area contributed by atoms with Gasteiger partial charge in [0.15, 0.2) is 0 Å². The van der Waals surface area contributed by atoms with Gasteiger partial charge in [-0.1, -0.05) is 0 Å². The summed E-state index contributed by atoms with van der Waals surface area (Å²) in [4.78, 5) is 0. The maximum Gasteiger partial charge on any atom is 0.0742 e. The fourth-order valence-corrected chi connectivity index (χ4v) is 0. The fraction of sp³-hybridized carbons (Fsp3) is 1.00. The standard InChI is InChI=1S/C3H8O2.2ClH/c1-3(5)2-4;;/h3-5H,2H2,1H3;2*1H. The van der Waals surface area contributed by atoms with Crippen molar-refractivity contribution in [3.05, 3.63) is 0 Å². The van der Waals surface area contributed by atoms with E-state index in [9.17, 15) is 0 Å². The fourth-order valence-electron chi connectivity index (χ4n) is 0. The third-order valence-electron chi connectivity index (χ3n) is 0.264. The predicted octanol–water partition coefficient (Wildman–Crippen LogP) is 0.203. The van der Waals surface area contributed by atoms with Gasteiger partial charge in [0, 0.05) is 0 Å². The molecule has 0 rings (SSSR count). The molecule has 1 atom stereocenters. The molecule has 1 unspecified atom stereocenters. The van der Waals surface area contributed by atoms with Gasteiger partial charge in [0.25, 0.3) is 0 Å². The minimum absolute atomic E-state index is 0. The third kappa shape index (κ3) is 21.1. The molecule has 0 aromatic carbocycles. The van der Waals surface area contributed by atoms with Crippen LogP contribution >= 0.6 is 24.8 Å². The van der Waals surface area contributed by atoms with Crippen LogP contribution in [0.3, 0.4) is 0 Å². The number of hydrogen-bond acceptors (Lipinski definition) is 2. The van der Waals surface area contributed by atoms with Crippen LogP contribution in [0.15, 0.2) is 0 Å². The van der Waals surface area contributed by atoms with Gasteiger partial charge in [-0.05, 0) is 6.92 Å². The van der Waals surface area contributed by atoms with E-state index in [4.69, 9.17) is 10.2 Å². The van der Waals surface area contributed by atoms with Gasteiger partial charge < -0.3 is 10.2 Å². The van der Waals surface area contributed by atoms with E-state index >= 15 is 0 Å². The summed E-state index contributed by atoms with van der Waals surface area (Å²) in [6.45, 7) is 1.39. The van der Waals surface area contributed by atoms with Crippen LogP contribution in [-0.4, -0.2) is 22.9 Å². The molecule has 0 aromatic heterocycles. The van der Waals surface area contributed by atoms with E-state index in [0.29, 0.717) is 0 Å². The maximum absolute atomic E-state index is 8.11.